The summed E-state index contributed by atoms with van der Waals surface area (Å²) in [5, 5.41) is 21.1. The van der Waals surface area contributed by atoms with Gasteiger partial charge in [-0.2, -0.15) is 10.5 Å². The Labute approximate surface area is 289 Å². The molecule has 0 spiro atoms. The van der Waals surface area contributed by atoms with E-state index in [0.717, 1.165) is 78.1 Å². The van der Waals surface area contributed by atoms with Crippen molar-refractivity contribution in [2.75, 3.05) is 0 Å². The lowest BCUT2D eigenvalue weighted by molar-refractivity contribution is 1.25. The summed E-state index contributed by atoms with van der Waals surface area (Å²) in [6.07, 6.45) is 3.28. The molecule has 6 heteroatoms. The highest BCUT2D eigenvalue weighted by Gasteiger charge is 2.25. The maximum Gasteiger partial charge on any atom is 0.141 e. The van der Waals surface area contributed by atoms with Gasteiger partial charge in [-0.3, -0.25) is 0 Å². The van der Waals surface area contributed by atoms with Crippen LogP contribution in [0.25, 0.3) is 78.1 Å². The van der Waals surface area contributed by atoms with E-state index in [1.807, 2.05) is 60.7 Å². The summed E-state index contributed by atoms with van der Waals surface area (Å²) in [6, 6.07) is 52.9. The number of rotatable bonds is 6. The number of nitriles is 2. The standard InChI is InChI=1S/C44H26N6/c45-27-33-25-31(21-23-47-33)37-17-9-19-39(49-37)43-35-15-7-8-16-36(35)44(40-20-10-18-38(50-40)32-22-24-48-34(26-32)28-46)42(30-13-5-2-6-14-30)41(43)29-11-3-1-4-12-29/h1-26H. The minimum Gasteiger partial charge on any atom is -0.248 e. The van der Waals surface area contributed by atoms with Crippen molar-refractivity contribution in [1.29, 1.82) is 10.5 Å². The first-order valence-electron chi connectivity index (χ1n) is 16.1. The Morgan fingerprint density at radius 3 is 1.18 bits per heavy atom. The second-order valence-corrected chi connectivity index (χ2v) is 11.7. The van der Waals surface area contributed by atoms with Crippen LogP contribution >= 0.6 is 0 Å². The Morgan fingerprint density at radius 1 is 0.360 bits per heavy atom. The molecule has 8 aromatic rings. The molecule has 0 atom stereocenters. The lowest BCUT2D eigenvalue weighted by Crippen LogP contribution is -2.00. The molecular weight excluding hydrogens is 613 g/mol. The van der Waals surface area contributed by atoms with Crippen LogP contribution in [0.2, 0.25) is 0 Å². The maximum atomic E-state index is 9.53. The molecule has 0 unspecified atom stereocenters. The lowest BCUT2D eigenvalue weighted by atomic mass is 9.80. The third kappa shape index (κ3) is 5.54. The van der Waals surface area contributed by atoms with Crippen molar-refractivity contribution in [2.24, 2.45) is 0 Å². The van der Waals surface area contributed by atoms with Crippen molar-refractivity contribution < 1.29 is 0 Å². The molecular formula is C44H26N6. The number of hydrogen-bond donors (Lipinski definition) is 0. The highest BCUT2D eigenvalue weighted by atomic mass is 14.7. The van der Waals surface area contributed by atoms with Crippen molar-refractivity contribution in [3.8, 4) is 79.4 Å². The molecule has 0 saturated heterocycles. The molecule has 6 nitrogen and oxygen atoms in total. The number of hydrogen-bond acceptors (Lipinski definition) is 6. The molecule has 0 radical (unpaired) electrons. The van der Waals surface area contributed by atoms with Crippen LogP contribution in [0.5, 0.6) is 0 Å². The van der Waals surface area contributed by atoms with E-state index >= 15 is 0 Å². The van der Waals surface area contributed by atoms with Gasteiger partial charge in [0, 0.05) is 45.8 Å². The topological polar surface area (TPSA) is 99.1 Å². The first kappa shape index (κ1) is 30.1. The molecule has 232 valence electrons. The summed E-state index contributed by atoms with van der Waals surface area (Å²) in [5.74, 6) is 0. The third-order valence-corrected chi connectivity index (χ3v) is 8.69. The van der Waals surface area contributed by atoms with E-state index in [1.165, 1.54) is 0 Å². The van der Waals surface area contributed by atoms with Gasteiger partial charge in [0.05, 0.1) is 22.8 Å². The Balaban J connectivity index is 1.49. The van der Waals surface area contributed by atoms with E-state index in [0.29, 0.717) is 11.4 Å². The van der Waals surface area contributed by atoms with Crippen LogP contribution in [0.1, 0.15) is 11.4 Å². The molecule has 0 amide bonds. The molecule has 0 aliphatic heterocycles. The molecule has 50 heavy (non-hydrogen) atoms. The number of benzene rings is 4. The summed E-state index contributed by atoms with van der Waals surface area (Å²) in [6.45, 7) is 0. The molecule has 0 aliphatic carbocycles. The number of aromatic nitrogens is 4. The van der Waals surface area contributed by atoms with Gasteiger partial charge in [0.25, 0.3) is 0 Å². The predicted octanol–water partition coefficient (Wildman–Crippen LogP) is 10.2. The molecule has 0 aliphatic rings. The second kappa shape index (κ2) is 13.1. The third-order valence-electron chi connectivity index (χ3n) is 8.69. The average molecular weight is 639 g/mol. The largest absolute Gasteiger partial charge is 0.248 e. The van der Waals surface area contributed by atoms with E-state index in [1.54, 1.807) is 24.5 Å². The maximum absolute atomic E-state index is 9.53. The van der Waals surface area contributed by atoms with Crippen LogP contribution < -0.4 is 0 Å². The van der Waals surface area contributed by atoms with Gasteiger partial charge in [0.15, 0.2) is 0 Å². The van der Waals surface area contributed by atoms with Crippen molar-refractivity contribution >= 4 is 10.8 Å². The first-order chi connectivity index (χ1) is 24.7. The van der Waals surface area contributed by atoms with Gasteiger partial charge in [0.1, 0.15) is 23.5 Å². The predicted molar refractivity (Wildman–Crippen MR) is 197 cm³/mol. The van der Waals surface area contributed by atoms with Crippen LogP contribution in [0.4, 0.5) is 0 Å². The molecule has 0 saturated carbocycles. The SMILES string of the molecule is N#Cc1cc(-c2cccc(-c3c(-c4ccccc4)c(-c4ccccc4)c(-c4cccc(-c5ccnc(C#N)c5)n4)c4ccccc34)n2)ccn1. The summed E-state index contributed by atoms with van der Waals surface area (Å²) in [7, 11) is 0. The highest BCUT2D eigenvalue weighted by Crippen LogP contribution is 2.50. The normalized spacial score (nSPS) is 10.8. The average Bonchev–Trinajstić information content (AvgIpc) is 3.20. The van der Waals surface area contributed by atoms with Gasteiger partial charge in [0.2, 0.25) is 0 Å². The zero-order valence-electron chi connectivity index (χ0n) is 26.7. The minimum atomic E-state index is 0.339. The summed E-state index contributed by atoms with van der Waals surface area (Å²) < 4.78 is 0. The molecule has 8 rings (SSSR count). The number of pyridine rings is 4. The molecule has 4 heterocycles. The number of fused-ring (bicyclic) bond motifs is 1. The van der Waals surface area contributed by atoms with Gasteiger partial charge >= 0.3 is 0 Å². The zero-order valence-corrected chi connectivity index (χ0v) is 26.7. The van der Waals surface area contributed by atoms with Crippen LogP contribution in [0, 0.1) is 22.7 Å². The molecule has 4 aromatic carbocycles. The Morgan fingerprint density at radius 2 is 0.760 bits per heavy atom. The van der Waals surface area contributed by atoms with E-state index in [4.69, 9.17) is 9.97 Å². The zero-order chi connectivity index (χ0) is 33.9. The smallest absolute Gasteiger partial charge is 0.141 e. The first-order valence-corrected chi connectivity index (χ1v) is 16.1. The van der Waals surface area contributed by atoms with E-state index in [2.05, 4.69) is 94.9 Å². The molecule has 0 bridgehead atoms. The summed E-state index contributed by atoms with van der Waals surface area (Å²) in [4.78, 5) is 18.8. The lowest BCUT2D eigenvalue weighted by Gasteiger charge is -2.23. The Kier molecular flexibility index (Phi) is 7.87. The second-order valence-electron chi connectivity index (χ2n) is 11.7. The van der Waals surface area contributed by atoms with Crippen LogP contribution in [0.15, 0.2) is 158 Å². The Hall–Kier alpha value is -7.28. The van der Waals surface area contributed by atoms with Crippen molar-refractivity contribution in [2.45, 2.75) is 0 Å². The van der Waals surface area contributed by atoms with Gasteiger partial charge < -0.3 is 0 Å². The minimum absolute atomic E-state index is 0.339. The fourth-order valence-electron chi connectivity index (χ4n) is 6.53. The van der Waals surface area contributed by atoms with Gasteiger partial charge in [-0.05, 0) is 70.4 Å². The molecule has 0 N–H and O–H groups in total. The fraction of sp³-hybridized carbons (Fsp3) is 0. The van der Waals surface area contributed by atoms with E-state index < -0.39 is 0 Å². The fourth-order valence-corrected chi connectivity index (χ4v) is 6.53. The quantitative estimate of drug-likeness (QED) is 0.180. The van der Waals surface area contributed by atoms with Gasteiger partial charge in [-0.15, -0.1) is 0 Å². The monoisotopic (exact) mass is 638 g/mol. The highest BCUT2D eigenvalue weighted by molar-refractivity contribution is 6.17. The summed E-state index contributed by atoms with van der Waals surface area (Å²) in [5.41, 5.74) is 11.6. The van der Waals surface area contributed by atoms with Crippen LogP contribution in [-0.4, -0.2) is 19.9 Å². The van der Waals surface area contributed by atoms with Gasteiger partial charge in [-0.1, -0.05) is 97.1 Å². The van der Waals surface area contributed by atoms with Crippen molar-refractivity contribution in [3.05, 3.63) is 169 Å². The van der Waals surface area contributed by atoms with E-state index in [-0.39, 0.29) is 0 Å². The van der Waals surface area contributed by atoms with Crippen molar-refractivity contribution in [1.82, 2.24) is 19.9 Å². The molecule has 4 aromatic heterocycles. The van der Waals surface area contributed by atoms with E-state index in [9.17, 15) is 10.5 Å². The molecule has 0 fully saturated rings. The summed E-state index contributed by atoms with van der Waals surface area (Å²) >= 11 is 0. The van der Waals surface area contributed by atoms with Crippen LogP contribution in [0.3, 0.4) is 0 Å². The van der Waals surface area contributed by atoms with Gasteiger partial charge in [-0.25, -0.2) is 19.9 Å². The van der Waals surface area contributed by atoms with Crippen molar-refractivity contribution in [3.63, 3.8) is 0 Å². The van der Waals surface area contributed by atoms with Crippen LogP contribution in [-0.2, 0) is 0 Å². The Bertz CT molecular complexity index is 2440. The number of nitrogens with zero attached hydrogens (tertiary/aromatic N) is 6.